The molecule has 0 aromatic heterocycles. The molecule has 2 aliphatic rings. The molecule has 0 aromatic rings. The summed E-state index contributed by atoms with van der Waals surface area (Å²) in [7, 11) is 0. The van der Waals surface area contributed by atoms with Crippen LogP contribution in [0.1, 0.15) is 32.6 Å². The third-order valence-electron chi connectivity index (χ3n) is 3.84. The van der Waals surface area contributed by atoms with Crippen LogP contribution in [0.15, 0.2) is 0 Å². The lowest BCUT2D eigenvalue weighted by molar-refractivity contribution is -0.123. The number of rotatable bonds is 5. The van der Waals surface area contributed by atoms with Crippen LogP contribution in [0.2, 0.25) is 0 Å². The molecule has 1 heterocycles. The lowest BCUT2D eigenvalue weighted by Gasteiger charge is -2.40. The van der Waals surface area contributed by atoms with Crippen molar-refractivity contribution in [2.45, 2.75) is 50.9 Å². The van der Waals surface area contributed by atoms with Gasteiger partial charge in [-0.3, -0.25) is 4.79 Å². The van der Waals surface area contributed by atoms with Crippen molar-refractivity contribution < 1.29 is 14.6 Å². The molecule has 18 heavy (non-hydrogen) atoms. The van der Waals surface area contributed by atoms with E-state index < -0.39 is 0 Å². The van der Waals surface area contributed by atoms with Gasteiger partial charge in [0.15, 0.2) is 0 Å². The minimum Gasteiger partial charge on any atom is -0.395 e. The molecule has 104 valence electrons. The molecule has 0 radical (unpaired) electrons. The number of ether oxygens (including phenoxy) is 1. The first-order chi connectivity index (χ1) is 8.67. The normalized spacial score (nSPS) is 29.9. The molecule has 1 aliphatic heterocycles. The van der Waals surface area contributed by atoms with Crippen molar-refractivity contribution in [1.29, 1.82) is 0 Å². The second-order valence-electron chi connectivity index (χ2n) is 5.39. The Labute approximate surface area is 108 Å². The molecular formula is C13H24N2O3. The molecule has 5 heteroatoms. The van der Waals surface area contributed by atoms with Crippen LogP contribution < -0.4 is 5.32 Å². The van der Waals surface area contributed by atoms with E-state index in [1.807, 2.05) is 0 Å². The number of aliphatic hydroxyl groups is 1. The van der Waals surface area contributed by atoms with Crippen molar-refractivity contribution in [3.8, 4) is 0 Å². The fraction of sp³-hybridized carbons (Fsp3) is 0.923. The smallest absolute Gasteiger partial charge is 0.217 e. The van der Waals surface area contributed by atoms with Gasteiger partial charge in [0.05, 0.1) is 18.8 Å². The fourth-order valence-electron chi connectivity index (χ4n) is 2.76. The zero-order chi connectivity index (χ0) is 13.0. The van der Waals surface area contributed by atoms with Crippen LogP contribution in [0.25, 0.3) is 0 Å². The molecule has 2 N–H and O–H groups in total. The number of nitrogens with zero attached hydrogens (tertiary/aromatic N) is 1. The summed E-state index contributed by atoms with van der Waals surface area (Å²) in [5, 5.41) is 11.8. The van der Waals surface area contributed by atoms with Crippen LogP contribution in [-0.2, 0) is 9.53 Å². The molecule has 0 atom stereocenters. The lowest BCUT2D eigenvalue weighted by atomic mass is 9.88. The first-order valence-corrected chi connectivity index (χ1v) is 6.93. The van der Waals surface area contributed by atoms with Crippen LogP contribution in [-0.4, -0.2) is 60.4 Å². The summed E-state index contributed by atoms with van der Waals surface area (Å²) in [4.78, 5) is 13.1. The molecule has 2 fully saturated rings. The molecule has 1 saturated carbocycles. The average molecular weight is 256 g/mol. The largest absolute Gasteiger partial charge is 0.395 e. The van der Waals surface area contributed by atoms with Gasteiger partial charge in [-0.25, -0.2) is 0 Å². The Kier molecular flexibility index (Phi) is 4.97. The molecule has 1 aliphatic carbocycles. The molecule has 5 nitrogen and oxygen atoms in total. The second-order valence-corrected chi connectivity index (χ2v) is 5.39. The monoisotopic (exact) mass is 256 g/mol. The van der Waals surface area contributed by atoms with Crippen molar-refractivity contribution in [3.05, 3.63) is 0 Å². The van der Waals surface area contributed by atoms with E-state index in [1.165, 1.54) is 0 Å². The van der Waals surface area contributed by atoms with E-state index in [0.29, 0.717) is 18.2 Å². The van der Waals surface area contributed by atoms with Crippen LogP contribution in [0.5, 0.6) is 0 Å². The van der Waals surface area contributed by atoms with Gasteiger partial charge in [-0.1, -0.05) is 0 Å². The van der Waals surface area contributed by atoms with Gasteiger partial charge in [-0.15, -0.1) is 0 Å². The summed E-state index contributed by atoms with van der Waals surface area (Å²) < 4.78 is 6.03. The van der Waals surface area contributed by atoms with Gasteiger partial charge in [0.2, 0.25) is 5.91 Å². The van der Waals surface area contributed by atoms with Gasteiger partial charge in [0.1, 0.15) is 0 Å². The maximum atomic E-state index is 10.9. The molecule has 1 saturated heterocycles. The highest BCUT2D eigenvalue weighted by molar-refractivity contribution is 5.73. The SMILES string of the molecule is CC(=O)N[C@H]1C[C@H](OC2CCN(CCO)CC2)C1. The number of β-amino-alcohol motifs (C(OH)–C–C–N with tert-alkyl or cyclic N) is 1. The minimum absolute atomic E-state index is 0.0516. The zero-order valence-electron chi connectivity index (χ0n) is 11.1. The Morgan fingerprint density at radius 1 is 1.33 bits per heavy atom. The molecule has 0 unspecified atom stereocenters. The Morgan fingerprint density at radius 3 is 2.56 bits per heavy atom. The topological polar surface area (TPSA) is 61.8 Å². The predicted molar refractivity (Wildman–Crippen MR) is 68.3 cm³/mol. The van der Waals surface area contributed by atoms with Crippen molar-refractivity contribution in [2.24, 2.45) is 0 Å². The number of carbonyl (C=O) groups is 1. The van der Waals surface area contributed by atoms with Gasteiger partial charge in [-0.05, 0) is 25.7 Å². The van der Waals surface area contributed by atoms with E-state index >= 15 is 0 Å². The molecule has 0 spiro atoms. The molecule has 1 amide bonds. The number of hydrogen-bond acceptors (Lipinski definition) is 4. The van der Waals surface area contributed by atoms with Gasteiger partial charge in [0.25, 0.3) is 0 Å². The number of amides is 1. The highest BCUT2D eigenvalue weighted by atomic mass is 16.5. The van der Waals surface area contributed by atoms with E-state index in [2.05, 4.69) is 10.2 Å². The van der Waals surface area contributed by atoms with Crippen molar-refractivity contribution in [2.75, 3.05) is 26.2 Å². The van der Waals surface area contributed by atoms with Gasteiger partial charge in [-0.2, -0.15) is 0 Å². The van der Waals surface area contributed by atoms with E-state index in [4.69, 9.17) is 9.84 Å². The number of hydrogen-bond donors (Lipinski definition) is 2. The first-order valence-electron chi connectivity index (χ1n) is 6.93. The highest BCUT2D eigenvalue weighted by Crippen LogP contribution is 2.27. The van der Waals surface area contributed by atoms with Crippen molar-refractivity contribution in [1.82, 2.24) is 10.2 Å². The Hall–Kier alpha value is -0.650. The van der Waals surface area contributed by atoms with Crippen molar-refractivity contribution in [3.63, 3.8) is 0 Å². The van der Waals surface area contributed by atoms with Crippen LogP contribution in [0, 0.1) is 0 Å². The third-order valence-corrected chi connectivity index (χ3v) is 3.84. The first kappa shape index (κ1) is 13.8. The molecule has 2 rings (SSSR count). The minimum atomic E-state index is 0.0516. The van der Waals surface area contributed by atoms with E-state index in [9.17, 15) is 4.79 Å². The van der Waals surface area contributed by atoms with Crippen molar-refractivity contribution >= 4 is 5.91 Å². The van der Waals surface area contributed by atoms with Gasteiger partial charge in [0, 0.05) is 32.6 Å². The Morgan fingerprint density at radius 2 is 2.00 bits per heavy atom. The van der Waals surface area contributed by atoms with E-state index in [0.717, 1.165) is 45.3 Å². The van der Waals surface area contributed by atoms with Crippen LogP contribution in [0.3, 0.4) is 0 Å². The average Bonchev–Trinajstić information content (AvgIpc) is 2.28. The maximum Gasteiger partial charge on any atom is 0.217 e. The Balaban J connectivity index is 1.58. The number of piperidine rings is 1. The van der Waals surface area contributed by atoms with Gasteiger partial charge >= 0.3 is 0 Å². The quantitative estimate of drug-likeness (QED) is 0.734. The summed E-state index contributed by atoms with van der Waals surface area (Å²) in [6.45, 7) is 4.62. The summed E-state index contributed by atoms with van der Waals surface area (Å²) in [5.41, 5.74) is 0. The van der Waals surface area contributed by atoms with Crippen LogP contribution in [0.4, 0.5) is 0 Å². The number of aliphatic hydroxyl groups excluding tert-OH is 1. The third kappa shape index (κ3) is 3.93. The molecular weight excluding hydrogens is 232 g/mol. The van der Waals surface area contributed by atoms with Gasteiger partial charge < -0.3 is 20.1 Å². The Bertz CT molecular complexity index is 271. The number of nitrogens with one attached hydrogen (secondary N) is 1. The fourth-order valence-corrected chi connectivity index (χ4v) is 2.76. The highest BCUT2D eigenvalue weighted by Gasteiger charge is 2.33. The predicted octanol–water partition coefficient (Wildman–Crippen LogP) is 0.127. The molecule has 0 aromatic carbocycles. The number of carbonyl (C=O) groups excluding carboxylic acids is 1. The summed E-state index contributed by atoms with van der Waals surface area (Å²) in [5.74, 6) is 0.0516. The second kappa shape index (κ2) is 6.50. The summed E-state index contributed by atoms with van der Waals surface area (Å²) in [6, 6.07) is 0.321. The molecule has 0 bridgehead atoms. The lowest BCUT2D eigenvalue weighted by Crippen LogP contribution is -2.49. The van der Waals surface area contributed by atoms with E-state index in [1.54, 1.807) is 6.92 Å². The standard InChI is InChI=1S/C13H24N2O3/c1-10(17)14-11-8-13(9-11)18-12-2-4-15(5-3-12)6-7-16/h11-13,16H,2-9H2,1H3,(H,14,17)/t11-,13-. The summed E-state index contributed by atoms with van der Waals surface area (Å²) in [6.07, 6.45) is 4.72. The maximum absolute atomic E-state index is 10.9. The summed E-state index contributed by atoms with van der Waals surface area (Å²) >= 11 is 0. The van der Waals surface area contributed by atoms with Crippen LogP contribution >= 0.6 is 0 Å². The number of likely N-dealkylation sites (tertiary alicyclic amines) is 1. The van der Waals surface area contributed by atoms with E-state index in [-0.39, 0.29) is 12.5 Å². The zero-order valence-corrected chi connectivity index (χ0v) is 11.1.